The Morgan fingerprint density at radius 2 is 1.93 bits per heavy atom. The van der Waals surface area contributed by atoms with E-state index in [0.717, 1.165) is 12.1 Å². The summed E-state index contributed by atoms with van der Waals surface area (Å²) in [5.74, 6) is -0.810. The van der Waals surface area contributed by atoms with Crippen molar-refractivity contribution in [2.45, 2.75) is 6.54 Å². The summed E-state index contributed by atoms with van der Waals surface area (Å²) < 4.78 is 33.3. The Bertz CT molecular complexity index is 479. The Balaban J connectivity index is 2.53. The highest BCUT2D eigenvalue weighted by molar-refractivity contribution is 5.81. The van der Waals surface area contributed by atoms with Crippen LogP contribution in [-0.4, -0.2) is 18.3 Å². The van der Waals surface area contributed by atoms with Crippen LogP contribution >= 0.6 is 0 Å². The zero-order valence-electron chi connectivity index (χ0n) is 8.34. The average Bonchev–Trinajstić information content (AvgIpc) is 2.65. The lowest BCUT2D eigenvalue weighted by atomic mass is 10.2. The van der Waals surface area contributed by atoms with E-state index in [4.69, 9.17) is 4.74 Å². The Hall–Kier alpha value is -1.42. The molecule has 0 spiro atoms. The smallest absolute Gasteiger partial charge is 0.147 e. The Labute approximate surface area is 86.1 Å². The van der Waals surface area contributed by atoms with E-state index in [0.29, 0.717) is 24.1 Å². The standard InChI is InChI=1S/C11H11F2NO/c1-15-7-6-14-5-4-8-9(12)2-3-10(13)11(8)14/h2-5H,6-7H2,1H3. The molecule has 0 atom stereocenters. The molecule has 0 saturated heterocycles. The zero-order chi connectivity index (χ0) is 10.8. The van der Waals surface area contributed by atoms with Crippen molar-refractivity contribution in [3.05, 3.63) is 36.0 Å². The number of ether oxygens (including phenoxy) is 1. The largest absolute Gasteiger partial charge is 0.383 e. The van der Waals surface area contributed by atoms with Crippen LogP contribution in [0.15, 0.2) is 24.4 Å². The number of benzene rings is 1. The quantitative estimate of drug-likeness (QED) is 0.761. The van der Waals surface area contributed by atoms with Gasteiger partial charge in [0.15, 0.2) is 0 Å². The predicted molar refractivity (Wildman–Crippen MR) is 53.7 cm³/mol. The van der Waals surface area contributed by atoms with Crippen molar-refractivity contribution < 1.29 is 13.5 Å². The number of halogens is 2. The van der Waals surface area contributed by atoms with Crippen LogP contribution in [-0.2, 0) is 11.3 Å². The van der Waals surface area contributed by atoms with Crippen LogP contribution in [0.4, 0.5) is 8.78 Å². The fraction of sp³-hybridized carbons (Fsp3) is 0.273. The van der Waals surface area contributed by atoms with Gasteiger partial charge in [0.05, 0.1) is 12.1 Å². The molecule has 1 aromatic heterocycles. The van der Waals surface area contributed by atoms with Crippen molar-refractivity contribution in [3.8, 4) is 0 Å². The summed E-state index contributed by atoms with van der Waals surface area (Å²) in [6.07, 6.45) is 1.66. The second kappa shape index (κ2) is 3.98. The Morgan fingerprint density at radius 1 is 1.20 bits per heavy atom. The van der Waals surface area contributed by atoms with Crippen molar-refractivity contribution in [1.29, 1.82) is 0 Å². The minimum atomic E-state index is -0.410. The highest BCUT2D eigenvalue weighted by Crippen LogP contribution is 2.22. The molecule has 4 heteroatoms. The molecule has 0 fully saturated rings. The van der Waals surface area contributed by atoms with Crippen LogP contribution in [0, 0.1) is 11.6 Å². The summed E-state index contributed by atoms with van der Waals surface area (Å²) in [7, 11) is 1.57. The van der Waals surface area contributed by atoms with E-state index in [1.807, 2.05) is 0 Å². The third-order valence-corrected chi connectivity index (χ3v) is 2.36. The van der Waals surface area contributed by atoms with Crippen LogP contribution in [0.3, 0.4) is 0 Å². The van der Waals surface area contributed by atoms with E-state index in [9.17, 15) is 8.78 Å². The maximum Gasteiger partial charge on any atom is 0.147 e. The van der Waals surface area contributed by atoms with Crippen LogP contribution < -0.4 is 0 Å². The lowest BCUT2D eigenvalue weighted by molar-refractivity contribution is 0.188. The van der Waals surface area contributed by atoms with E-state index < -0.39 is 11.6 Å². The van der Waals surface area contributed by atoms with Gasteiger partial charge in [-0.15, -0.1) is 0 Å². The van der Waals surface area contributed by atoms with Crippen molar-refractivity contribution in [2.75, 3.05) is 13.7 Å². The molecular weight excluding hydrogens is 200 g/mol. The number of hydrogen-bond acceptors (Lipinski definition) is 1. The minimum Gasteiger partial charge on any atom is -0.383 e. The molecule has 0 amide bonds. The fourth-order valence-electron chi connectivity index (χ4n) is 1.62. The highest BCUT2D eigenvalue weighted by Gasteiger charge is 2.10. The van der Waals surface area contributed by atoms with Crippen molar-refractivity contribution in [1.82, 2.24) is 4.57 Å². The lowest BCUT2D eigenvalue weighted by Gasteiger charge is -2.05. The number of nitrogens with zero attached hydrogens (tertiary/aromatic N) is 1. The first-order valence-corrected chi connectivity index (χ1v) is 4.66. The molecule has 0 radical (unpaired) electrons. The van der Waals surface area contributed by atoms with Gasteiger partial charge in [0.1, 0.15) is 11.6 Å². The summed E-state index contributed by atoms with van der Waals surface area (Å²) in [4.78, 5) is 0. The van der Waals surface area contributed by atoms with Gasteiger partial charge >= 0.3 is 0 Å². The van der Waals surface area contributed by atoms with Gasteiger partial charge < -0.3 is 9.30 Å². The third-order valence-electron chi connectivity index (χ3n) is 2.36. The van der Waals surface area contributed by atoms with Crippen molar-refractivity contribution in [3.63, 3.8) is 0 Å². The van der Waals surface area contributed by atoms with Crippen LogP contribution in [0.25, 0.3) is 10.9 Å². The minimum absolute atomic E-state index is 0.298. The molecule has 0 saturated carbocycles. The molecule has 2 aromatic rings. The number of fused-ring (bicyclic) bond motifs is 1. The first-order valence-electron chi connectivity index (χ1n) is 4.66. The summed E-state index contributed by atoms with van der Waals surface area (Å²) in [6.45, 7) is 0.986. The Morgan fingerprint density at radius 3 is 2.67 bits per heavy atom. The molecule has 0 aliphatic rings. The molecule has 0 unspecified atom stereocenters. The monoisotopic (exact) mass is 211 g/mol. The molecule has 15 heavy (non-hydrogen) atoms. The van der Waals surface area contributed by atoms with Gasteiger partial charge in [-0.05, 0) is 18.2 Å². The van der Waals surface area contributed by atoms with Gasteiger partial charge in [-0.2, -0.15) is 0 Å². The summed E-state index contributed by atoms with van der Waals surface area (Å²) in [5.41, 5.74) is 0.298. The molecule has 0 N–H and O–H groups in total. The van der Waals surface area contributed by atoms with E-state index in [1.54, 1.807) is 23.9 Å². The van der Waals surface area contributed by atoms with Crippen molar-refractivity contribution in [2.24, 2.45) is 0 Å². The molecule has 2 rings (SSSR count). The average molecular weight is 211 g/mol. The van der Waals surface area contributed by atoms with E-state index in [-0.39, 0.29) is 0 Å². The second-order valence-corrected chi connectivity index (χ2v) is 3.29. The van der Waals surface area contributed by atoms with Gasteiger partial charge in [0.2, 0.25) is 0 Å². The van der Waals surface area contributed by atoms with Gasteiger partial charge in [-0.1, -0.05) is 0 Å². The van der Waals surface area contributed by atoms with Gasteiger partial charge in [0, 0.05) is 25.2 Å². The van der Waals surface area contributed by atoms with Crippen LogP contribution in [0.2, 0.25) is 0 Å². The SMILES string of the molecule is COCCn1ccc2c(F)ccc(F)c21. The number of hydrogen-bond donors (Lipinski definition) is 0. The second-order valence-electron chi connectivity index (χ2n) is 3.29. The molecule has 0 aliphatic heterocycles. The zero-order valence-corrected chi connectivity index (χ0v) is 8.34. The summed E-state index contributed by atoms with van der Waals surface area (Å²) >= 11 is 0. The molecule has 0 aliphatic carbocycles. The van der Waals surface area contributed by atoms with Gasteiger partial charge in [-0.3, -0.25) is 0 Å². The van der Waals surface area contributed by atoms with Crippen LogP contribution in [0.5, 0.6) is 0 Å². The molecule has 1 heterocycles. The van der Waals surface area contributed by atoms with E-state index >= 15 is 0 Å². The van der Waals surface area contributed by atoms with Gasteiger partial charge in [0.25, 0.3) is 0 Å². The number of rotatable bonds is 3. The molecular formula is C11H11F2NO. The topological polar surface area (TPSA) is 14.2 Å². The summed E-state index contributed by atoms with van der Waals surface area (Å²) in [6, 6.07) is 3.85. The van der Waals surface area contributed by atoms with Gasteiger partial charge in [-0.25, -0.2) is 8.78 Å². The maximum atomic E-state index is 13.5. The number of methoxy groups -OCH3 is 1. The Kier molecular flexibility index (Phi) is 2.68. The predicted octanol–water partition coefficient (Wildman–Crippen LogP) is 2.57. The highest BCUT2D eigenvalue weighted by atomic mass is 19.1. The molecule has 0 bridgehead atoms. The van der Waals surface area contributed by atoms with Crippen LogP contribution in [0.1, 0.15) is 0 Å². The maximum absolute atomic E-state index is 13.5. The number of aromatic nitrogens is 1. The molecule has 80 valence electrons. The molecule has 1 aromatic carbocycles. The first kappa shape index (κ1) is 10.1. The molecule has 2 nitrogen and oxygen atoms in total. The van der Waals surface area contributed by atoms with E-state index in [1.165, 1.54) is 0 Å². The van der Waals surface area contributed by atoms with Crippen molar-refractivity contribution >= 4 is 10.9 Å². The fourth-order valence-corrected chi connectivity index (χ4v) is 1.62. The third kappa shape index (κ3) is 1.72. The first-order chi connectivity index (χ1) is 7.24. The van der Waals surface area contributed by atoms with E-state index in [2.05, 4.69) is 0 Å². The normalized spacial score (nSPS) is 11.1. The summed E-state index contributed by atoms with van der Waals surface area (Å²) in [5, 5.41) is 0.311. The lowest BCUT2D eigenvalue weighted by Crippen LogP contribution is -2.03.